The van der Waals surface area contributed by atoms with Gasteiger partial charge in [-0.05, 0) is 113 Å². The lowest BCUT2D eigenvalue weighted by atomic mass is 9.95. The lowest BCUT2D eigenvalue weighted by molar-refractivity contribution is -0.169. The third kappa shape index (κ3) is 19.8. The van der Waals surface area contributed by atoms with Crippen LogP contribution in [0.5, 0.6) is 0 Å². The topological polar surface area (TPSA) is 230 Å². The van der Waals surface area contributed by atoms with Gasteiger partial charge in [-0.1, -0.05) is 130 Å². The minimum atomic E-state index is -1.21. The number of ether oxygens (including phenoxy) is 1. The maximum Gasteiger partial charge on any atom is 0.324 e. The van der Waals surface area contributed by atoms with Gasteiger partial charge in [0.15, 0.2) is 6.10 Å². The average molecular weight is 1230 g/mol. The third-order valence-corrected chi connectivity index (χ3v) is 17.5. The summed E-state index contributed by atoms with van der Waals surface area (Å²) < 4.78 is 5.87. The van der Waals surface area contributed by atoms with Gasteiger partial charge in [0.25, 0.3) is 5.91 Å². The Balaban J connectivity index is 2.15. The molecule has 0 saturated carbocycles. The molecule has 1 aliphatic heterocycles. The van der Waals surface area contributed by atoms with Crippen molar-refractivity contribution in [2.24, 2.45) is 29.6 Å². The van der Waals surface area contributed by atoms with Crippen molar-refractivity contribution in [2.75, 3.05) is 70.0 Å². The highest BCUT2D eigenvalue weighted by molar-refractivity contribution is 5.98. The van der Waals surface area contributed by atoms with Gasteiger partial charge in [0, 0.05) is 62.3 Å². The van der Waals surface area contributed by atoms with Crippen molar-refractivity contribution in [1.82, 2.24) is 49.8 Å². The summed E-state index contributed by atoms with van der Waals surface area (Å²) >= 11 is 0. The van der Waals surface area contributed by atoms with E-state index in [0.29, 0.717) is 19.3 Å². The van der Waals surface area contributed by atoms with E-state index in [0.717, 1.165) is 16.7 Å². The van der Waals surface area contributed by atoms with Gasteiger partial charge in [-0.15, -0.1) is 0 Å². The summed E-state index contributed by atoms with van der Waals surface area (Å²) in [5, 5.41) is 5.84. The zero-order valence-corrected chi connectivity index (χ0v) is 57.1. The molecule has 0 radical (unpaired) electrons. The van der Waals surface area contributed by atoms with Crippen LogP contribution in [0.2, 0.25) is 0 Å². The number of likely N-dealkylation sites (N-methyl/N-ethyl adjacent to an activating group) is 8. The molecule has 2 N–H and O–H groups in total. The Morgan fingerprint density at radius 1 is 0.625 bits per heavy atom. The summed E-state index contributed by atoms with van der Waals surface area (Å²) in [6.45, 7) is 23.4. The van der Waals surface area contributed by atoms with Gasteiger partial charge < -0.3 is 49.7 Å². The van der Waals surface area contributed by atoms with Gasteiger partial charge in [0.2, 0.25) is 47.3 Å². The van der Waals surface area contributed by atoms with Crippen molar-refractivity contribution in [3.8, 4) is 11.1 Å². The zero-order valence-electron chi connectivity index (χ0n) is 57.1. The molecule has 2 aromatic rings. The molecule has 1 fully saturated rings. The highest BCUT2D eigenvalue weighted by Crippen LogP contribution is 2.25. The van der Waals surface area contributed by atoms with E-state index in [9.17, 15) is 38.4 Å². The number of esters is 1. The summed E-state index contributed by atoms with van der Waals surface area (Å²) in [6.07, 6.45) is 0.459. The van der Waals surface area contributed by atoms with Crippen molar-refractivity contribution in [3.05, 3.63) is 60.2 Å². The van der Waals surface area contributed by atoms with Crippen molar-refractivity contribution >= 4 is 59.1 Å². The largest absolute Gasteiger partial charge is 0.451 e. The van der Waals surface area contributed by atoms with Crippen LogP contribution in [0.25, 0.3) is 11.1 Å². The number of carbonyl (C=O) groups excluding carboxylic acids is 10. The summed E-state index contributed by atoms with van der Waals surface area (Å²) in [6, 6.07) is 7.94. The fourth-order valence-electron chi connectivity index (χ4n) is 11.5. The van der Waals surface area contributed by atoms with Crippen LogP contribution < -0.4 is 10.6 Å². The predicted octanol–water partition coefficient (Wildman–Crippen LogP) is 5.82. The summed E-state index contributed by atoms with van der Waals surface area (Å²) in [4.78, 5) is 157. The molecule has 1 saturated heterocycles. The van der Waals surface area contributed by atoms with E-state index < -0.39 is 131 Å². The number of nitrogens with one attached hydrogen (secondary N) is 2. The van der Waals surface area contributed by atoms with Crippen LogP contribution in [0.4, 0.5) is 0 Å². The Morgan fingerprint density at radius 3 is 1.73 bits per heavy atom. The number of rotatable bonds is 20. The molecule has 1 heterocycles. The SMILES string of the molecule is CC[C@H](C)[C@H]1C(=O)N[C@@H](C)C(=O)N(C)[C@@H](CC(C)C)C(=O)N[C@@H](Cc2ccc(-c3ccccc3)cc2)C(=O)N(C)CCCC[C@H](N(C)C(=O)[C@H](CC(C)C)N(C)C(=O)[C@H](C)N(C)C(=O)[C@H](OC(=O)[C@H](C(C)C)N(C)C)C(C)C)C(=O)N(C)[C@@H](C)C(=O)N1C. The smallest absolute Gasteiger partial charge is 0.324 e. The first-order valence-corrected chi connectivity index (χ1v) is 31.5. The average Bonchev–Trinajstić information content (AvgIpc) is 2.10. The van der Waals surface area contributed by atoms with Gasteiger partial charge in [-0.3, -0.25) is 52.8 Å². The third-order valence-electron chi connectivity index (χ3n) is 17.5. The van der Waals surface area contributed by atoms with Crippen LogP contribution in [0.1, 0.15) is 134 Å². The summed E-state index contributed by atoms with van der Waals surface area (Å²) in [5.41, 5.74) is 2.75. The number of hydrogen-bond acceptors (Lipinski definition) is 12. The van der Waals surface area contributed by atoms with E-state index in [2.05, 4.69) is 10.6 Å². The van der Waals surface area contributed by atoms with E-state index in [1.165, 1.54) is 97.4 Å². The van der Waals surface area contributed by atoms with Crippen LogP contribution in [0, 0.1) is 29.6 Å². The Bertz CT molecular complexity index is 2680. The fourth-order valence-corrected chi connectivity index (χ4v) is 11.5. The highest BCUT2D eigenvalue weighted by Gasteiger charge is 2.43. The van der Waals surface area contributed by atoms with E-state index >= 15 is 9.59 Å². The van der Waals surface area contributed by atoms with E-state index in [-0.39, 0.29) is 50.0 Å². The molecule has 492 valence electrons. The Labute approximate surface area is 525 Å². The summed E-state index contributed by atoms with van der Waals surface area (Å²) in [5.74, 6) is -6.84. The molecule has 11 atom stereocenters. The van der Waals surface area contributed by atoms with Gasteiger partial charge in [0.05, 0.1) is 0 Å². The van der Waals surface area contributed by atoms with Gasteiger partial charge in [-0.25, -0.2) is 0 Å². The molecule has 88 heavy (non-hydrogen) atoms. The van der Waals surface area contributed by atoms with Gasteiger partial charge in [-0.2, -0.15) is 0 Å². The normalized spacial score (nSPS) is 22.0. The molecule has 0 aliphatic carbocycles. The van der Waals surface area contributed by atoms with Crippen molar-refractivity contribution in [2.45, 2.75) is 195 Å². The quantitative estimate of drug-likeness (QED) is 0.150. The van der Waals surface area contributed by atoms with Crippen LogP contribution in [0.15, 0.2) is 54.6 Å². The van der Waals surface area contributed by atoms with E-state index in [1.807, 2.05) is 110 Å². The van der Waals surface area contributed by atoms with Gasteiger partial charge >= 0.3 is 5.97 Å². The standard InChI is InChI=1S/C67H108N10O11/c1-23-44(10)56-59(79)68-45(11)60(80)75(20)53(37-40(2)3)58(78)69-51(39-48-32-34-50(35-33-48)49-29-25-24-26-30-49)63(83)71(16)36-28-27-31-52(64(84)72(17)47(13)62(82)77(56)22)74(19)65(85)54(38-41(4)5)76(21)61(81)46(12)73(18)66(86)57(43(8)9)88-67(87)55(42(6)7)70(14)15/h24-26,29-30,32-35,40-47,51-57H,23,27-28,31,36-39H2,1-22H3,(H,68,79)(H,69,78)/t44-,45-,46-,47-,51-,52-,53-,54-,55-,56-,57+/m0/s1. The first-order chi connectivity index (χ1) is 41.0. The molecule has 3 rings (SSSR count). The molecule has 1 aliphatic rings. The van der Waals surface area contributed by atoms with E-state index in [1.54, 1.807) is 39.9 Å². The minimum Gasteiger partial charge on any atom is -0.451 e. The molecule has 0 spiro atoms. The van der Waals surface area contributed by atoms with Crippen LogP contribution in [-0.4, -0.2) is 229 Å². The number of amides is 9. The number of nitrogens with zero attached hydrogens (tertiary/aromatic N) is 8. The second-order valence-electron chi connectivity index (χ2n) is 26.3. The Kier molecular flexibility index (Phi) is 29.3. The lowest BCUT2D eigenvalue weighted by Gasteiger charge is -2.40. The molecular weight excluding hydrogens is 1120 g/mol. The summed E-state index contributed by atoms with van der Waals surface area (Å²) in [7, 11) is 14.0. The maximum atomic E-state index is 15.3. The lowest BCUT2D eigenvalue weighted by Crippen LogP contribution is -2.61. The molecule has 0 aromatic heterocycles. The Hall–Kier alpha value is -6.90. The molecular formula is C67H108N10O11. The fraction of sp³-hybridized carbons (Fsp3) is 0.672. The zero-order chi connectivity index (χ0) is 66.9. The molecule has 21 heteroatoms. The molecule has 0 bridgehead atoms. The number of carbonyl (C=O) groups is 10. The highest BCUT2D eigenvalue weighted by atomic mass is 16.6. The predicted molar refractivity (Wildman–Crippen MR) is 343 cm³/mol. The van der Waals surface area contributed by atoms with Crippen LogP contribution in [-0.2, 0) is 59.1 Å². The van der Waals surface area contributed by atoms with Gasteiger partial charge in [0.1, 0.15) is 54.4 Å². The van der Waals surface area contributed by atoms with Crippen LogP contribution >= 0.6 is 0 Å². The molecule has 2 aromatic carbocycles. The molecule has 0 unspecified atom stereocenters. The molecule has 9 amide bonds. The first-order valence-electron chi connectivity index (χ1n) is 31.5. The maximum absolute atomic E-state index is 15.3. The number of hydrogen-bond donors (Lipinski definition) is 2. The van der Waals surface area contributed by atoms with Crippen molar-refractivity contribution < 1.29 is 52.7 Å². The number of benzene rings is 2. The minimum absolute atomic E-state index is 0.0612. The van der Waals surface area contributed by atoms with Crippen molar-refractivity contribution in [3.63, 3.8) is 0 Å². The Morgan fingerprint density at radius 2 is 1.20 bits per heavy atom. The monoisotopic (exact) mass is 1230 g/mol. The second-order valence-corrected chi connectivity index (χ2v) is 26.3. The van der Waals surface area contributed by atoms with E-state index in [4.69, 9.17) is 4.74 Å². The van der Waals surface area contributed by atoms with Crippen molar-refractivity contribution in [1.29, 1.82) is 0 Å². The second kappa shape index (κ2) is 34.2. The first kappa shape index (κ1) is 75.4. The molecule has 21 nitrogen and oxygen atoms in total. The van der Waals surface area contributed by atoms with Crippen LogP contribution in [0.3, 0.4) is 0 Å².